The molecule has 1 aromatic heterocycles. The quantitative estimate of drug-likeness (QED) is 0.540. The number of aryl methyl sites for hydroxylation is 1. The van der Waals surface area contributed by atoms with Gasteiger partial charge in [-0.2, -0.15) is 5.10 Å². The number of benzene rings is 2. The van der Waals surface area contributed by atoms with Crippen LogP contribution in [0.1, 0.15) is 53.7 Å². The van der Waals surface area contributed by atoms with Gasteiger partial charge in [-0.1, -0.05) is 55.8 Å². The lowest BCUT2D eigenvalue weighted by atomic mass is 9.97. The van der Waals surface area contributed by atoms with E-state index < -0.39 is 0 Å². The largest absolute Gasteiger partial charge is 0.300 e. The number of hydrogen-bond acceptors (Lipinski definition) is 3. The Morgan fingerprint density at radius 1 is 1.07 bits per heavy atom. The van der Waals surface area contributed by atoms with Gasteiger partial charge in [0.25, 0.3) is 0 Å². The summed E-state index contributed by atoms with van der Waals surface area (Å²) in [5.74, 6) is 0.00318. The highest BCUT2D eigenvalue weighted by Crippen LogP contribution is 2.41. The molecule has 0 atom stereocenters. The third kappa shape index (κ3) is 3.01. The number of hydrogen-bond donors (Lipinski definition) is 1. The van der Waals surface area contributed by atoms with Crippen LogP contribution in [0.4, 0.5) is 0 Å². The van der Waals surface area contributed by atoms with Gasteiger partial charge in [0, 0.05) is 23.1 Å². The van der Waals surface area contributed by atoms with E-state index in [-0.39, 0.29) is 18.0 Å². The number of nitrogens with zero attached hydrogens (tertiary/aromatic N) is 1. The highest BCUT2D eigenvalue weighted by molar-refractivity contribution is 6.24. The molecule has 0 unspecified atom stereocenters. The Morgan fingerprint density at radius 3 is 2.56 bits per heavy atom. The van der Waals surface area contributed by atoms with Gasteiger partial charge in [-0.05, 0) is 30.9 Å². The van der Waals surface area contributed by atoms with Crippen molar-refractivity contribution < 1.29 is 9.59 Å². The number of H-pyrrole nitrogens is 1. The van der Waals surface area contributed by atoms with E-state index in [1.807, 2.05) is 30.3 Å². The predicted molar refractivity (Wildman–Crippen MR) is 106 cm³/mol. The van der Waals surface area contributed by atoms with Gasteiger partial charge < -0.3 is 0 Å². The van der Waals surface area contributed by atoms with Gasteiger partial charge in [0.1, 0.15) is 11.5 Å². The Bertz CT molecular complexity index is 1030. The molecule has 1 aliphatic carbocycles. The van der Waals surface area contributed by atoms with Crippen molar-refractivity contribution in [3.63, 3.8) is 0 Å². The van der Waals surface area contributed by atoms with Crippen LogP contribution in [0.15, 0.2) is 42.5 Å². The SMILES string of the molecule is CCCCc1ccc(-c2n[nH]c3c2C(=O)c2c(CC(C)=O)cccc2-3)cc1. The topological polar surface area (TPSA) is 62.8 Å². The van der Waals surface area contributed by atoms with E-state index in [1.165, 1.54) is 18.4 Å². The van der Waals surface area contributed by atoms with E-state index in [2.05, 4.69) is 29.3 Å². The fourth-order valence-electron chi connectivity index (χ4n) is 3.79. The fraction of sp³-hybridized carbons (Fsp3) is 0.261. The lowest BCUT2D eigenvalue weighted by Gasteiger charge is -2.06. The van der Waals surface area contributed by atoms with Crippen LogP contribution >= 0.6 is 0 Å². The number of Topliss-reactive ketones (excluding diaryl/α,β-unsaturated/α-hetero) is 1. The number of rotatable bonds is 6. The summed E-state index contributed by atoms with van der Waals surface area (Å²) in [6.07, 6.45) is 3.68. The van der Waals surface area contributed by atoms with Crippen LogP contribution in [-0.2, 0) is 17.6 Å². The lowest BCUT2D eigenvalue weighted by molar-refractivity contribution is -0.116. The average molecular weight is 358 g/mol. The Labute approximate surface area is 158 Å². The van der Waals surface area contributed by atoms with E-state index in [4.69, 9.17) is 0 Å². The Hall–Kier alpha value is -3.01. The molecule has 0 saturated heterocycles. The molecule has 0 radical (unpaired) electrons. The first-order valence-corrected chi connectivity index (χ1v) is 9.44. The summed E-state index contributed by atoms with van der Waals surface area (Å²) in [6, 6.07) is 14.0. The molecule has 27 heavy (non-hydrogen) atoms. The molecule has 0 bridgehead atoms. The van der Waals surface area contributed by atoms with Crippen LogP contribution in [0.2, 0.25) is 0 Å². The number of carbonyl (C=O) groups excluding carboxylic acids is 2. The maximum atomic E-state index is 13.2. The second kappa shape index (κ2) is 6.95. The third-order valence-corrected chi connectivity index (χ3v) is 5.13. The van der Waals surface area contributed by atoms with Crippen molar-refractivity contribution in [3.05, 3.63) is 64.7 Å². The summed E-state index contributed by atoms with van der Waals surface area (Å²) in [7, 11) is 0. The zero-order valence-corrected chi connectivity index (χ0v) is 15.6. The van der Waals surface area contributed by atoms with Crippen LogP contribution in [0.3, 0.4) is 0 Å². The molecule has 0 amide bonds. The Balaban J connectivity index is 1.73. The van der Waals surface area contributed by atoms with Crippen LogP contribution in [0.25, 0.3) is 22.5 Å². The summed E-state index contributed by atoms with van der Waals surface area (Å²) in [5, 5.41) is 7.47. The van der Waals surface area contributed by atoms with Crippen LogP contribution in [0, 0.1) is 0 Å². The van der Waals surface area contributed by atoms with Crippen molar-refractivity contribution in [3.8, 4) is 22.5 Å². The van der Waals surface area contributed by atoms with Gasteiger partial charge >= 0.3 is 0 Å². The first kappa shape index (κ1) is 17.4. The van der Waals surface area contributed by atoms with Gasteiger partial charge in [-0.3, -0.25) is 14.7 Å². The number of carbonyl (C=O) groups is 2. The third-order valence-electron chi connectivity index (χ3n) is 5.13. The lowest BCUT2D eigenvalue weighted by Crippen LogP contribution is -2.06. The summed E-state index contributed by atoms with van der Waals surface area (Å²) in [4.78, 5) is 24.8. The Morgan fingerprint density at radius 2 is 1.85 bits per heavy atom. The first-order valence-electron chi connectivity index (χ1n) is 9.44. The molecular formula is C23H22N2O2. The summed E-state index contributed by atoms with van der Waals surface area (Å²) in [6.45, 7) is 3.73. The normalized spacial score (nSPS) is 12.1. The first-order chi connectivity index (χ1) is 13.1. The van der Waals surface area contributed by atoms with E-state index in [1.54, 1.807) is 6.92 Å². The summed E-state index contributed by atoms with van der Waals surface area (Å²) >= 11 is 0. The zero-order valence-electron chi connectivity index (χ0n) is 15.6. The van der Waals surface area contributed by atoms with Crippen molar-refractivity contribution >= 4 is 11.6 Å². The maximum absolute atomic E-state index is 13.2. The minimum absolute atomic E-state index is 0.0457. The zero-order chi connectivity index (χ0) is 19.0. The van der Waals surface area contributed by atoms with Gasteiger partial charge in [0.15, 0.2) is 5.78 Å². The molecule has 0 aliphatic heterocycles. The highest BCUT2D eigenvalue weighted by Gasteiger charge is 2.34. The van der Waals surface area contributed by atoms with E-state index in [0.717, 1.165) is 28.8 Å². The van der Waals surface area contributed by atoms with Crippen LogP contribution in [-0.4, -0.2) is 21.8 Å². The standard InChI is InChI=1S/C23H22N2O2/c1-3-4-6-15-9-11-16(12-10-15)21-20-22(25-24-21)18-8-5-7-17(13-14(2)26)19(18)23(20)27/h5,7-12H,3-4,6,13H2,1-2H3,(H,24,25). The average Bonchev–Trinajstić information content (AvgIpc) is 3.21. The van der Waals surface area contributed by atoms with Crippen molar-refractivity contribution in [2.75, 3.05) is 0 Å². The molecule has 1 N–H and O–H groups in total. The molecule has 3 aromatic rings. The van der Waals surface area contributed by atoms with Gasteiger partial charge in [-0.15, -0.1) is 0 Å². The molecule has 0 fully saturated rings. The fourth-order valence-corrected chi connectivity index (χ4v) is 3.79. The van der Waals surface area contributed by atoms with Crippen LogP contribution < -0.4 is 0 Å². The number of ketones is 2. The van der Waals surface area contributed by atoms with Crippen molar-refractivity contribution in [2.45, 2.75) is 39.5 Å². The molecule has 2 aromatic carbocycles. The van der Waals surface area contributed by atoms with Crippen molar-refractivity contribution in [1.29, 1.82) is 0 Å². The molecule has 0 saturated carbocycles. The minimum Gasteiger partial charge on any atom is -0.300 e. The van der Waals surface area contributed by atoms with E-state index in [9.17, 15) is 9.59 Å². The smallest absolute Gasteiger partial charge is 0.198 e. The second-order valence-corrected chi connectivity index (χ2v) is 7.17. The molecule has 4 nitrogen and oxygen atoms in total. The molecule has 4 rings (SSSR count). The Kier molecular flexibility index (Phi) is 4.48. The molecule has 0 spiro atoms. The summed E-state index contributed by atoms with van der Waals surface area (Å²) in [5.41, 5.74) is 6.54. The number of aromatic nitrogens is 2. The van der Waals surface area contributed by atoms with Crippen LogP contribution in [0.5, 0.6) is 0 Å². The summed E-state index contributed by atoms with van der Waals surface area (Å²) < 4.78 is 0. The molecule has 1 aliphatic rings. The van der Waals surface area contributed by atoms with E-state index in [0.29, 0.717) is 16.8 Å². The number of aromatic amines is 1. The molecule has 1 heterocycles. The predicted octanol–water partition coefficient (Wildman–Crippen LogP) is 4.76. The second-order valence-electron chi connectivity index (χ2n) is 7.17. The van der Waals surface area contributed by atoms with E-state index >= 15 is 0 Å². The highest BCUT2D eigenvalue weighted by atomic mass is 16.1. The number of nitrogens with one attached hydrogen (secondary N) is 1. The maximum Gasteiger partial charge on any atom is 0.198 e. The molecular weight excluding hydrogens is 336 g/mol. The monoisotopic (exact) mass is 358 g/mol. The van der Waals surface area contributed by atoms with Gasteiger partial charge in [0.2, 0.25) is 0 Å². The molecule has 4 heteroatoms. The number of fused-ring (bicyclic) bond motifs is 3. The van der Waals surface area contributed by atoms with Crippen molar-refractivity contribution in [1.82, 2.24) is 10.2 Å². The van der Waals surface area contributed by atoms with Crippen molar-refractivity contribution in [2.24, 2.45) is 0 Å². The minimum atomic E-state index is -0.0457. The molecule has 136 valence electrons. The van der Waals surface area contributed by atoms with Gasteiger partial charge in [-0.25, -0.2) is 0 Å². The van der Waals surface area contributed by atoms with Gasteiger partial charge in [0.05, 0.1) is 11.3 Å². The number of unbranched alkanes of at least 4 members (excludes halogenated alkanes) is 1.